The minimum atomic E-state index is -2.00. The number of carbonyl (C=O) groups is 1. The van der Waals surface area contributed by atoms with Gasteiger partial charge < -0.3 is 15.9 Å². The Balaban J connectivity index is 0.00000162. The molecule has 1 aromatic rings. The third-order valence-corrected chi connectivity index (χ3v) is 2.89. The molecule has 1 aliphatic carbocycles. The van der Waals surface area contributed by atoms with Crippen LogP contribution in [0.2, 0.25) is 0 Å². The van der Waals surface area contributed by atoms with E-state index < -0.39 is 11.6 Å². The van der Waals surface area contributed by atoms with E-state index in [4.69, 9.17) is 10.8 Å². The van der Waals surface area contributed by atoms with Gasteiger partial charge in [-0.3, -0.25) is 0 Å². The van der Waals surface area contributed by atoms with E-state index in [-0.39, 0.29) is 24.5 Å². The van der Waals surface area contributed by atoms with Crippen LogP contribution in [0.5, 0.6) is 0 Å². The number of carboxylic acids is 1. The minimum Gasteiger partial charge on any atom is -0.479 e. The van der Waals surface area contributed by atoms with E-state index in [2.05, 4.69) is 0 Å². The van der Waals surface area contributed by atoms with Gasteiger partial charge in [0.1, 0.15) is 0 Å². The zero-order valence-electron chi connectivity index (χ0n) is 9.54. The summed E-state index contributed by atoms with van der Waals surface area (Å²) in [6.07, 6.45) is 3.16. The summed E-state index contributed by atoms with van der Waals surface area (Å²) in [5, 5.41) is 19.0. The number of nitrogens with two attached hydrogens (primary N) is 1. The third kappa shape index (κ3) is 2.39. The molecule has 0 saturated heterocycles. The molecule has 0 aliphatic heterocycles. The number of benzene rings is 1. The Hall–Kier alpha value is -1.78. The maximum absolute atomic E-state index is 11.1. The van der Waals surface area contributed by atoms with E-state index in [1.807, 2.05) is 30.3 Å². The van der Waals surface area contributed by atoms with Crippen molar-refractivity contribution in [3.63, 3.8) is 0 Å². The van der Waals surface area contributed by atoms with Crippen molar-refractivity contribution < 1.29 is 15.0 Å². The molecule has 1 aromatic carbocycles. The second-order valence-electron chi connectivity index (χ2n) is 4.02. The molecule has 0 saturated carbocycles. The maximum atomic E-state index is 11.1. The van der Waals surface area contributed by atoms with Gasteiger partial charge in [-0.2, -0.15) is 0 Å². The van der Waals surface area contributed by atoms with Crippen LogP contribution in [0.3, 0.4) is 0 Å². The molecule has 5 heteroatoms. The van der Waals surface area contributed by atoms with Crippen molar-refractivity contribution >= 4 is 23.9 Å². The molecule has 1 unspecified atom stereocenters. The number of allylic oxidation sites excluding steroid dienone is 2. The van der Waals surface area contributed by atoms with Crippen molar-refractivity contribution in [1.29, 1.82) is 0 Å². The predicted octanol–water partition coefficient (Wildman–Crippen LogP) is 1.55. The van der Waals surface area contributed by atoms with Crippen LogP contribution < -0.4 is 5.73 Å². The largest absolute Gasteiger partial charge is 0.479 e. The van der Waals surface area contributed by atoms with Gasteiger partial charge in [-0.1, -0.05) is 36.4 Å². The highest BCUT2D eigenvalue weighted by atomic mass is 35.5. The number of aliphatic hydroxyl groups is 1. The fourth-order valence-corrected chi connectivity index (χ4v) is 1.81. The average molecular weight is 268 g/mol. The van der Waals surface area contributed by atoms with Crippen LogP contribution in [0, 0.1) is 0 Å². The second-order valence-corrected chi connectivity index (χ2v) is 4.02. The first-order valence-electron chi connectivity index (χ1n) is 5.22. The summed E-state index contributed by atoms with van der Waals surface area (Å²) in [7, 11) is 0. The van der Waals surface area contributed by atoms with Gasteiger partial charge in [-0.05, 0) is 17.2 Å². The molecule has 1 aliphatic rings. The van der Waals surface area contributed by atoms with Crippen LogP contribution in [0.15, 0.2) is 48.2 Å². The summed E-state index contributed by atoms with van der Waals surface area (Å²) in [4.78, 5) is 11.1. The van der Waals surface area contributed by atoms with Gasteiger partial charge in [0.2, 0.25) is 5.60 Å². The van der Waals surface area contributed by atoms with E-state index in [0.717, 1.165) is 11.1 Å². The highest BCUT2D eigenvalue weighted by Gasteiger charge is 2.41. The van der Waals surface area contributed by atoms with Crippen LogP contribution in [0.25, 0.3) is 5.57 Å². The highest BCUT2D eigenvalue weighted by Crippen LogP contribution is 2.32. The van der Waals surface area contributed by atoms with Gasteiger partial charge in [-0.15, -0.1) is 12.4 Å². The van der Waals surface area contributed by atoms with Gasteiger partial charge in [0.05, 0.1) is 5.70 Å². The fourth-order valence-electron chi connectivity index (χ4n) is 1.81. The van der Waals surface area contributed by atoms with Crippen LogP contribution in [-0.2, 0) is 4.79 Å². The topological polar surface area (TPSA) is 83.5 Å². The summed E-state index contributed by atoms with van der Waals surface area (Å²) in [5.74, 6) is -1.33. The molecule has 2 rings (SSSR count). The smallest absolute Gasteiger partial charge is 0.342 e. The van der Waals surface area contributed by atoms with Crippen molar-refractivity contribution in [2.24, 2.45) is 5.73 Å². The lowest BCUT2D eigenvalue weighted by atomic mass is 9.84. The minimum absolute atomic E-state index is 0. The lowest BCUT2D eigenvalue weighted by Gasteiger charge is -2.28. The molecule has 96 valence electrons. The van der Waals surface area contributed by atoms with Crippen molar-refractivity contribution in [3.8, 4) is 0 Å². The number of hydrogen-bond acceptors (Lipinski definition) is 3. The first-order valence-corrected chi connectivity index (χ1v) is 5.22. The molecule has 0 heterocycles. The summed E-state index contributed by atoms with van der Waals surface area (Å²) < 4.78 is 0. The average Bonchev–Trinajstić information content (AvgIpc) is 2.33. The Labute approximate surface area is 111 Å². The zero-order chi connectivity index (χ0) is 12.5. The molecule has 18 heavy (non-hydrogen) atoms. The Morgan fingerprint density at radius 2 is 1.83 bits per heavy atom. The van der Waals surface area contributed by atoms with Crippen LogP contribution in [0.1, 0.15) is 12.0 Å². The second kappa shape index (κ2) is 5.25. The van der Waals surface area contributed by atoms with Gasteiger partial charge in [0.25, 0.3) is 0 Å². The first kappa shape index (κ1) is 14.3. The summed E-state index contributed by atoms with van der Waals surface area (Å²) in [6.45, 7) is 0. The molecule has 0 radical (unpaired) electrons. The van der Waals surface area contributed by atoms with E-state index >= 15 is 0 Å². The van der Waals surface area contributed by atoms with E-state index in [1.165, 1.54) is 6.08 Å². The first-order chi connectivity index (χ1) is 8.04. The van der Waals surface area contributed by atoms with Gasteiger partial charge in [-0.25, -0.2) is 4.79 Å². The lowest BCUT2D eigenvalue weighted by molar-refractivity contribution is -0.154. The molecule has 0 aromatic heterocycles. The highest BCUT2D eigenvalue weighted by molar-refractivity contribution is 5.87. The molecule has 0 bridgehead atoms. The number of aliphatic carboxylic acids is 1. The van der Waals surface area contributed by atoms with E-state index in [1.54, 1.807) is 6.08 Å². The van der Waals surface area contributed by atoms with Crippen LogP contribution in [-0.4, -0.2) is 21.8 Å². The molecule has 4 nitrogen and oxygen atoms in total. The summed E-state index contributed by atoms with van der Waals surface area (Å²) in [6, 6.07) is 9.32. The monoisotopic (exact) mass is 267 g/mol. The fraction of sp³-hybridized carbons (Fsp3) is 0.154. The van der Waals surface area contributed by atoms with Crippen molar-refractivity contribution in [3.05, 3.63) is 53.7 Å². The molecule has 1 atom stereocenters. The number of carboxylic acid groups (broad SMARTS) is 1. The molecule has 0 amide bonds. The molecular formula is C13H14ClNO3. The van der Waals surface area contributed by atoms with E-state index in [9.17, 15) is 9.90 Å². The van der Waals surface area contributed by atoms with Gasteiger partial charge in [0.15, 0.2) is 0 Å². The normalized spacial score (nSPS) is 22.5. The Morgan fingerprint density at radius 3 is 2.39 bits per heavy atom. The van der Waals surface area contributed by atoms with Crippen molar-refractivity contribution in [2.75, 3.05) is 0 Å². The lowest BCUT2D eigenvalue weighted by Crippen LogP contribution is -2.44. The SMILES string of the molecule is Cl.NC1=CC=C(c2ccccc2)CC1(O)C(=O)O. The summed E-state index contributed by atoms with van der Waals surface area (Å²) >= 11 is 0. The zero-order valence-corrected chi connectivity index (χ0v) is 10.4. The Morgan fingerprint density at radius 1 is 1.22 bits per heavy atom. The maximum Gasteiger partial charge on any atom is 0.342 e. The van der Waals surface area contributed by atoms with Gasteiger partial charge in [0, 0.05) is 6.42 Å². The summed E-state index contributed by atoms with van der Waals surface area (Å²) in [5.41, 5.74) is 5.14. The number of rotatable bonds is 2. The van der Waals surface area contributed by atoms with Crippen molar-refractivity contribution in [1.82, 2.24) is 0 Å². The Bertz CT molecular complexity index is 510. The van der Waals surface area contributed by atoms with Crippen molar-refractivity contribution in [2.45, 2.75) is 12.0 Å². The Kier molecular flexibility index (Phi) is 4.16. The van der Waals surface area contributed by atoms with E-state index in [0.29, 0.717) is 0 Å². The molecule has 0 spiro atoms. The predicted molar refractivity (Wildman–Crippen MR) is 71.1 cm³/mol. The molecule has 0 fully saturated rings. The molecular weight excluding hydrogens is 254 g/mol. The third-order valence-electron chi connectivity index (χ3n) is 2.89. The van der Waals surface area contributed by atoms with Crippen LogP contribution >= 0.6 is 12.4 Å². The number of halogens is 1. The van der Waals surface area contributed by atoms with Gasteiger partial charge >= 0.3 is 5.97 Å². The number of hydrogen-bond donors (Lipinski definition) is 3. The van der Waals surface area contributed by atoms with Crippen LogP contribution in [0.4, 0.5) is 0 Å². The standard InChI is InChI=1S/C13H13NO3.ClH/c14-11-7-6-10(8-13(11,17)12(15)16)9-4-2-1-3-5-9;/h1-7,17H,8,14H2,(H,15,16);1H. The quantitative estimate of drug-likeness (QED) is 0.759. The molecule has 4 N–H and O–H groups in total.